The van der Waals surface area contributed by atoms with Crippen LogP contribution >= 0.6 is 15.9 Å². The van der Waals surface area contributed by atoms with Gasteiger partial charge in [0.1, 0.15) is 11.5 Å². The number of benzene rings is 1. The van der Waals surface area contributed by atoms with Crippen molar-refractivity contribution >= 4 is 27.6 Å². The van der Waals surface area contributed by atoms with E-state index in [1.54, 1.807) is 0 Å². The molecule has 1 aromatic rings. The van der Waals surface area contributed by atoms with E-state index in [9.17, 15) is 8.78 Å². The maximum absolute atomic E-state index is 13.1. The Morgan fingerprint density at radius 1 is 1.31 bits per heavy atom. The second-order valence-corrected chi connectivity index (χ2v) is 3.02. The van der Waals surface area contributed by atoms with Crippen LogP contribution in [0.15, 0.2) is 21.6 Å². The Bertz CT molecular complexity index is 361. The van der Waals surface area contributed by atoms with Crippen LogP contribution in [-0.2, 0) is 0 Å². The summed E-state index contributed by atoms with van der Waals surface area (Å²) in [5.41, 5.74) is 9.96. The smallest absolute Gasteiger partial charge is 0.191 e. The first kappa shape index (κ1) is 9.91. The third-order valence-electron chi connectivity index (χ3n) is 1.26. The van der Waals surface area contributed by atoms with E-state index in [0.717, 1.165) is 12.1 Å². The van der Waals surface area contributed by atoms with Crippen molar-refractivity contribution in [2.45, 2.75) is 0 Å². The standard InChI is InChI=1S/C7H6BrF2N3/c8-5-3(9)1-2-4(6(5)10)13-7(11)12/h1-2H,(H4,11,12,13). The summed E-state index contributed by atoms with van der Waals surface area (Å²) in [4.78, 5) is 3.46. The molecule has 0 saturated heterocycles. The van der Waals surface area contributed by atoms with Crippen LogP contribution in [0.25, 0.3) is 0 Å². The summed E-state index contributed by atoms with van der Waals surface area (Å²) < 4.78 is 25.5. The van der Waals surface area contributed by atoms with Gasteiger partial charge in [0.15, 0.2) is 11.8 Å². The second-order valence-electron chi connectivity index (χ2n) is 2.23. The van der Waals surface area contributed by atoms with Crippen LogP contribution in [0, 0.1) is 11.6 Å². The Balaban J connectivity index is 3.26. The summed E-state index contributed by atoms with van der Waals surface area (Å²) in [5.74, 6) is -1.81. The predicted octanol–water partition coefficient (Wildman–Crippen LogP) is 1.63. The van der Waals surface area contributed by atoms with Crippen molar-refractivity contribution in [3.8, 4) is 0 Å². The molecule has 0 radical (unpaired) electrons. The minimum Gasteiger partial charge on any atom is -0.370 e. The average molecular weight is 250 g/mol. The number of rotatable bonds is 1. The van der Waals surface area contributed by atoms with Gasteiger partial charge in [0.2, 0.25) is 0 Å². The van der Waals surface area contributed by atoms with Crippen LogP contribution in [0.5, 0.6) is 0 Å². The van der Waals surface area contributed by atoms with Crippen molar-refractivity contribution in [3.63, 3.8) is 0 Å². The molecular formula is C7H6BrF2N3. The fourth-order valence-corrected chi connectivity index (χ4v) is 1.08. The molecule has 3 nitrogen and oxygen atoms in total. The predicted molar refractivity (Wildman–Crippen MR) is 49.5 cm³/mol. The molecule has 1 rings (SSSR count). The van der Waals surface area contributed by atoms with Crippen molar-refractivity contribution in [2.75, 3.05) is 0 Å². The van der Waals surface area contributed by atoms with E-state index in [1.165, 1.54) is 0 Å². The van der Waals surface area contributed by atoms with Crippen LogP contribution in [0.2, 0.25) is 0 Å². The van der Waals surface area contributed by atoms with Crippen LogP contribution in [0.3, 0.4) is 0 Å². The highest BCUT2D eigenvalue weighted by molar-refractivity contribution is 9.10. The molecule has 4 N–H and O–H groups in total. The summed E-state index contributed by atoms with van der Waals surface area (Å²) in [5, 5.41) is 0. The lowest BCUT2D eigenvalue weighted by Crippen LogP contribution is -2.22. The summed E-state index contributed by atoms with van der Waals surface area (Å²) in [6.45, 7) is 0. The van der Waals surface area contributed by atoms with Gasteiger partial charge in [-0.25, -0.2) is 13.8 Å². The Morgan fingerprint density at radius 3 is 2.46 bits per heavy atom. The van der Waals surface area contributed by atoms with Crippen molar-refractivity contribution in [3.05, 3.63) is 28.2 Å². The highest BCUT2D eigenvalue weighted by atomic mass is 79.9. The summed E-state index contributed by atoms with van der Waals surface area (Å²) in [7, 11) is 0. The molecule has 70 valence electrons. The molecule has 0 aliphatic heterocycles. The van der Waals surface area contributed by atoms with E-state index >= 15 is 0 Å². The third-order valence-corrected chi connectivity index (χ3v) is 1.99. The van der Waals surface area contributed by atoms with Gasteiger partial charge in [0, 0.05) is 0 Å². The first-order valence-electron chi connectivity index (χ1n) is 3.25. The van der Waals surface area contributed by atoms with E-state index in [1.807, 2.05) is 0 Å². The van der Waals surface area contributed by atoms with Crippen molar-refractivity contribution in [1.82, 2.24) is 0 Å². The van der Waals surface area contributed by atoms with E-state index in [0.29, 0.717) is 0 Å². The largest absolute Gasteiger partial charge is 0.370 e. The Morgan fingerprint density at radius 2 is 1.92 bits per heavy atom. The van der Waals surface area contributed by atoms with Crippen LogP contribution in [0.4, 0.5) is 14.5 Å². The molecule has 0 heterocycles. The van der Waals surface area contributed by atoms with Crippen LogP contribution in [-0.4, -0.2) is 5.96 Å². The number of nitrogens with two attached hydrogens (primary N) is 2. The lowest BCUT2D eigenvalue weighted by molar-refractivity contribution is 0.573. The van der Waals surface area contributed by atoms with Gasteiger partial charge >= 0.3 is 0 Å². The molecule has 0 unspecified atom stereocenters. The maximum Gasteiger partial charge on any atom is 0.191 e. The summed E-state index contributed by atoms with van der Waals surface area (Å²) in [6, 6.07) is 2.21. The van der Waals surface area contributed by atoms with Gasteiger partial charge in [0.05, 0.1) is 4.47 Å². The molecular weight excluding hydrogens is 244 g/mol. The highest BCUT2D eigenvalue weighted by Crippen LogP contribution is 2.27. The van der Waals surface area contributed by atoms with Crippen molar-refractivity contribution in [1.29, 1.82) is 0 Å². The normalized spacial score (nSPS) is 9.77. The molecule has 0 spiro atoms. The zero-order valence-electron chi connectivity index (χ0n) is 6.39. The first-order chi connectivity index (χ1) is 6.02. The Kier molecular flexibility index (Phi) is 2.82. The molecule has 0 fully saturated rings. The maximum atomic E-state index is 13.1. The molecule has 0 bridgehead atoms. The molecule has 0 aliphatic carbocycles. The first-order valence-corrected chi connectivity index (χ1v) is 4.05. The average Bonchev–Trinajstić information content (AvgIpc) is 2.06. The highest BCUT2D eigenvalue weighted by Gasteiger charge is 2.10. The third kappa shape index (κ3) is 2.15. The molecule has 1 aromatic carbocycles. The Labute approximate surface area is 81.6 Å². The van der Waals surface area contributed by atoms with E-state index in [2.05, 4.69) is 20.9 Å². The number of aliphatic imine (C=N–C) groups is 1. The molecule has 13 heavy (non-hydrogen) atoms. The topological polar surface area (TPSA) is 64.4 Å². The molecule has 0 aliphatic rings. The van der Waals surface area contributed by atoms with Gasteiger partial charge in [0.25, 0.3) is 0 Å². The van der Waals surface area contributed by atoms with Gasteiger partial charge in [-0.2, -0.15) is 0 Å². The van der Waals surface area contributed by atoms with Gasteiger partial charge in [-0.15, -0.1) is 0 Å². The molecule has 0 amide bonds. The van der Waals surface area contributed by atoms with Gasteiger partial charge < -0.3 is 11.5 Å². The monoisotopic (exact) mass is 249 g/mol. The quantitative estimate of drug-likeness (QED) is 0.452. The van der Waals surface area contributed by atoms with Gasteiger partial charge in [-0.05, 0) is 28.1 Å². The van der Waals surface area contributed by atoms with Gasteiger partial charge in [-0.3, -0.25) is 0 Å². The molecule has 6 heteroatoms. The SMILES string of the molecule is NC(N)=Nc1ccc(F)c(Br)c1F. The van der Waals surface area contributed by atoms with Crippen LogP contribution < -0.4 is 11.5 Å². The molecule has 0 aromatic heterocycles. The number of halogens is 3. The Hall–Kier alpha value is -1.17. The zero-order valence-corrected chi connectivity index (χ0v) is 7.98. The fourth-order valence-electron chi connectivity index (χ4n) is 0.741. The minimum absolute atomic E-state index is 0.103. The lowest BCUT2D eigenvalue weighted by Gasteiger charge is -2.00. The number of hydrogen-bond acceptors (Lipinski definition) is 1. The summed E-state index contributed by atoms with van der Waals surface area (Å²) in [6.07, 6.45) is 0. The van der Waals surface area contributed by atoms with Gasteiger partial charge in [-0.1, -0.05) is 0 Å². The summed E-state index contributed by atoms with van der Waals surface area (Å²) >= 11 is 2.72. The number of guanidine groups is 1. The second kappa shape index (κ2) is 3.69. The van der Waals surface area contributed by atoms with E-state index < -0.39 is 11.6 Å². The molecule has 0 atom stereocenters. The molecule has 0 saturated carbocycles. The van der Waals surface area contributed by atoms with E-state index in [-0.39, 0.29) is 16.1 Å². The van der Waals surface area contributed by atoms with Crippen LogP contribution in [0.1, 0.15) is 0 Å². The zero-order chi connectivity index (χ0) is 10.0. The number of hydrogen-bond donors (Lipinski definition) is 2. The fraction of sp³-hybridized carbons (Fsp3) is 0. The number of nitrogens with zero attached hydrogens (tertiary/aromatic N) is 1. The minimum atomic E-state index is -0.826. The van der Waals surface area contributed by atoms with E-state index in [4.69, 9.17) is 11.5 Å². The lowest BCUT2D eigenvalue weighted by atomic mass is 10.3. The van der Waals surface area contributed by atoms with Crippen molar-refractivity contribution in [2.24, 2.45) is 16.5 Å². The van der Waals surface area contributed by atoms with Crippen molar-refractivity contribution < 1.29 is 8.78 Å².